The minimum atomic E-state index is 0.622. The minimum Gasteiger partial charge on any atom is -0.311 e. The fourth-order valence-corrected chi connectivity index (χ4v) is 4.67. The lowest BCUT2D eigenvalue weighted by Gasteiger charge is -2.39. The Kier molecular flexibility index (Phi) is 3.97. The molecule has 0 bridgehead atoms. The second-order valence-electron chi connectivity index (χ2n) is 6.94. The molecular formula is C18H27N3. The molecule has 1 aromatic rings. The summed E-state index contributed by atoms with van der Waals surface area (Å²) >= 11 is 0. The fraction of sp³-hybridized carbons (Fsp3) is 0.667. The van der Waals surface area contributed by atoms with Crippen molar-refractivity contribution in [2.24, 2.45) is 0 Å². The SMILES string of the molecule is c1ccc(CC2CN(C3CCN4CCCC34)CCN2)cc1. The second kappa shape index (κ2) is 6.07. The quantitative estimate of drug-likeness (QED) is 0.912. The van der Waals surface area contributed by atoms with Crippen LogP contribution in [0.1, 0.15) is 24.8 Å². The average Bonchev–Trinajstić information content (AvgIpc) is 3.11. The van der Waals surface area contributed by atoms with E-state index in [1.165, 1.54) is 57.4 Å². The minimum absolute atomic E-state index is 0.622. The molecular weight excluding hydrogens is 258 g/mol. The third-order valence-electron chi connectivity index (χ3n) is 5.65. The van der Waals surface area contributed by atoms with Gasteiger partial charge in [-0.2, -0.15) is 0 Å². The van der Waals surface area contributed by atoms with Crippen molar-refractivity contribution in [3.8, 4) is 0 Å². The highest BCUT2D eigenvalue weighted by Gasteiger charge is 2.41. The Bertz CT molecular complexity index is 461. The Labute approximate surface area is 128 Å². The van der Waals surface area contributed by atoms with Gasteiger partial charge in [0.05, 0.1) is 0 Å². The number of rotatable bonds is 3. The van der Waals surface area contributed by atoms with Gasteiger partial charge in [-0.25, -0.2) is 0 Å². The molecule has 3 aliphatic heterocycles. The standard InChI is InChI=1S/C18H27N3/c1-2-5-15(6-3-1)13-16-14-21(12-9-19-16)18-8-11-20-10-4-7-17(18)20/h1-3,5-6,16-19H,4,7-14H2. The summed E-state index contributed by atoms with van der Waals surface area (Å²) in [6.07, 6.45) is 5.40. The van der Waals surface area contributed by atoms with Crippen molar-refractivity contribution in [3.05, 3.63) is 35.9 Å². The van der Waals surface area contributed by atoms with Gasteiger partial charge in [-0.05, 0) is 37.8 Å². The molecule has 114 valence electrons. The van der Waals surface area contributed by atoms with Crippen LogP contribution in [0.15, 0.2) is 30.3 Å². The highest BCUT2D eigenvalue weighted by molar-refractivity contribution is 5.16. The topological polar surface area (TPSA) is 18.5 Å². The summed E-state index contributed by atoms with van der Waals surface area (Å²) in [5.74, 6) is 0. The van der Waals surface area contributed by atoms with E-state index in [-0.39, 0.29) is 0 Å². The van der Waals surface area contributed by atoms with Crippen LogP contribution >= 0.6 is 0 Å². The maximum atomic E-state index is 3.73. The van der Waals surface area contributed by atoms with E-state index >= 15 is 0 Å². The summed E-state index contributed by atoms with van der Waals surface area (Å²) in [6.45, 7) is 6.30. The summed E-state index contributed by atoms with van der Waals surface area (Å²) in [7, 11) is 0. The molecule has 21 heavy (non-hydrogen) atoms. The summed E-state index contributed by atoms with van der Waals surface area (Å²) in [5.41, 5.74) is 1.46. The Morgan fingerprint density at radius 1 is 0.952 bits per heavy atom. The Morgan fingerprint density at radius 2 is 1.81 bits per heavy atom. The van der Waals surface area contributed by atoms with Crippen LogP contribution in [-0.2, 0) is 6.42 Å². The van der Waals surface area contributed by atoms with E-state index in [0.29, 0.717) is 6.04 Å². The van der Waals surface area contributed by atoms with Crippen LogP contribution in [0, 0.1) is 0 Å². The molecule has 3 heterocycles. The second-order valence-corrected chi connectivity index (χ2v) is 6.94. The smallest absolute Gasteiger partial charge is 0.0264 e. The zero-order chi connectivity index (χ0) is 14.1. The maximum absolute atomic E-state index is 3.73. The molecule has 0 aromatic heterocycles. The third-order valence-corrected chi connectivity index (χ3v) is 5.65. The van der Waals surface area contributed by atoms with E-state index in [2.05, 4.69) is 45.4 Å². The van der Waals surface area contributed by atoms with Crippen LogP contribution in [0.25, 0.3) is 0 Å². The summed E-state index contributed by atoms with van der Waals surface area (Å²) in [4.78, 5) is 5.53. The Hall–Kier alpha value is -0.900. The van der Waals surface area contributed by atoms with E-state index in [9.17, 15) is 0 Å². The first-order valence-electron chi connectivity index (χ1n) is 8.65. The third kappa shape index (κ3) is 2.87. The fourth-order valence-electron chi connectivity index (χ4n) is 4.67. The van der Waals surface area contributed by atoms with E-state index < -0.39 is 0 Å². The predicted molar refractivity (Wildman–Crippen MR) is 86.5 cm³/mol. The number of nitrogens with one attached hydrogen (secondary N) is 1. The van der Waals surface area contributed by atoms with Gasteiger partial charge in [0.15, 0.2) is 0 Å². The van der Waals surface area contributed by atoms with E-state index in [1.807, 2.05) is 0 Å². The van der Waals surface area contributed by atoms with Gasteiger partial charge in [-0.1, -0.05) is 30.3 Å². The molecule has 3 nitrogen and oxygen atoms in total. The highest BCUT2D eigenvalue weighted by Crippen LogP contribution is 2.31. The molecule has 3 atom stereocenters. The summed E-state index contributed by atoms with van der Waals surface area (Å²) < 4.78 is 0. The van der Waals surface area contributed by atoms with E-state index in [4.69, 9.17) is 0 Å². The van der Waals surface area contributed by atoms with Gasteiger partial charge >= 0.3 is 0 Å². The van der Waals surface area contributed by atoms with E-state index in [0.717, 1.165) is 18.6 Å². The Balaban J connectivity index is 1.39. The van der Waals surface area contributed by atoms with Crippen molar-refractivity contribution in [3.63, 3.8) is 0 Å². The van der Waals surface area contributed by atoms with Crippen LogP contribution in [0.4, 0.5) is 0 Å². The van der Waals surface area contributed by atoms with Crippen molar-refractivity contribution >= 4 is 0 Å². The predicted octanol–water partition coefficient (Wildman–Crippen LogP) is 1.74. The van der Waals surface area contributed by atoms with Crippen LogP contribution in [0.3, 0.4) is 0 Å². The molecule has 3 saturated heterocycles. The van der Waals surface area contributed by atoms with Gasteiger partial charge in [0, 0.05) is 44.3 Å². The van der Waals surface area contributed by atoms with Gasteiger partial charge in [0.2, 0.25) is 0 Å². The van der Waals surface area contributed by atoms with Crippen LogP contribution in [-0.4, -0.2) is 60.6 Å². The molecule has 0 amide bonds. The largest absolute Gasteiger partial charge is 0.311 e. The van der Waals surface area contributed by atoms with E-state index in [1.54, 1.807) is 0 Å². The van der Waals surface area contributed by atoms with Crippen LogP contribution < -0.4 is 5.32 Å². The average molecular weight is 285 g/mol. The van der Waals surface area contributed by atoms with Crippen molar-refractivity contribution in [1.82, 2.24) is 15.1 Å². The maximum Gasteiger partial charge on any atom is 0.0264 e. The van der Waals surface area contributed by atoms with Crippen LogP contribution in [0.5, 0.6) is 0 Å². The summed E-state index contributed by atoms with van der Waals surface area (Å²) in [6, 6.07) is 13.2. The molecule has 1 aromatic carbocycles. The molecule has 4 rings (SSSR count). The number of hydrogen-bond acceptors (Lipinski definition) is 3. The van der Waals surface area contributed by atoms with Gasteiger partial charge in [-0.3, -0.25) is 9.80 Å². The molecule has 0 spiro atoms. The Morgan fingerprint density at radius 3 is 2.71 bits per heavy atom. The number of nitrogens with zero attached hydrogens (tertiary/aromatic N) is 2. The normalized spacial score (nSPS) is 34.2. The number of piperazine rings is 1. The molecule has 3 heteroatoms. The first-order valence-corrected chi connectivity index (χ1v) is 8.65. The lowest BCUT2D eigenvalue weighted by molar-refractivity contribution is 0.120. The molecule has 3 aliphatic rings. The first kappa shape index (κ1) is 13.7. The molecule has 3 fully saturated rings. The van der Waals surface area contributed by atoms with Gasteiger partial charge in [0.1, 0.15) is 0 Å². The molecule has 0 aliphatic carbocycles. The zero-order valence-electron chi connectivity index (χ0n) is 12.9. The first-order chi connectivity index (χ1) is 10.4. The van der Waals surface area contributed by atoms with Gasteiger partial charge in [-0.15, -0.1) is 0 Å². The molecule has 1 N–H and O–H groups in total. The number of fused-ring (bicyclic) bond motifs is 1. The van der Waals surface area contributed by atoms with Crippen molar-refractivity contribution in [2.75, 3.05) is 32.7 Å². The summed E-state index contributed by atoms with van der Waals surface area (Å²) in [5, 5.41) is 3.73. The van der Waals surface area contributed by atoms with Crippen molar-refractivity contribution in [1.29, 1.82) is 0 Å². The van der Waals surface area contributed by atoms with Gasteiger partial charge < -0.3 is 5.32 Å². The van der Waals surface area contributed by atoms with Crippen LogP contribution in [0.2, 0.25) is 0 Å². The molecule has 0 radical (unpaired) electrons. The zero-order valence-corrected chi connectivity index (χ0v) is 12.9. The lowest BCUT2D eigenvalue weighted by atomic mass is 9.99. The van der Waals surface area contributed by atoms with Crippen molar-refractivity contribution < 1.29 is 0 Å². The monoisotopic (exact) mass is 285 g/mol. The highest BCUT2D eigenvalue weighted by atomic mass is 15.3. The number of benzene rings is 1. The molecule has 3 unspecified atom stereocenters. The lowest BCUT2D eigenvalue weighted by Crippen LogP contribution is -2.56. The van der Waals surface area contributed by atoms with Gasteiger partial charge in [0.25, 0.3) is 0 Å². The number of hydrogen-bond donors (Lipinski definition) is 1. The molecule has 0 saturated carbocycles. The van der Waals surface area contributed by atoms with Crippen molar-refractivity contribution in [2.45, 2.75) is 43.8 Å².